The van der Waals surface area contributed by atoms with Crippen LogP contribution in [0.4, 0.5) is 0 Å². The van der Waals surface area contributed by atoms with E-state index in [2.05, 4.69) is 15.4 Å². The van der Waals surface area contributed by atoms with Crippen molar-refractivity contribution in [1.29, 1.82) is 0 Å². The van der Waals surface area contributed by atoms with E-state index in [0.29, 0.717) is 38.4 Å². The van der Waals surface area contributed by atoms with Crippen molar-refractivity contribution in [3.63, 3.8) is 0 Å². The fourth-order valence-electron chi connectivity index (χ4n) is 3.84. The summed E-state index contributed by atoms with van der Waals surface area (Å²) in [6.45, 7) is 1.99. The van der Waals surface area contributed by atoms with Gasteiger partial charge in [-0.15, -0.1) is 10.2 Å². The highest BCUT2D eigenvalue weighted by molar-refractivity contribution is 7.88. The molecular weight excluding hydrogens is 372 g/mol. The summed E-state index contributed by atoms with van der Waals surface area (Å²) in [6, 6.07) is 1.25. The molecule has 0 radical (unpaired) electrons. The molecule has 0 aromatic carbocycles. The van der Waals surface area contributed by atoms with Gasteiger partial charge in [0.15, 0.2) is 5.82 Å². The number of hydrogen-bond donors (Lipinski definition) is 0. The van der Waals surface area contributed by atoms with Crippen LogP contribution in [-0.2, 0) is 23.0 Å². The molecule has 0 saturated carbocycles. The molecule has 2 aliphatic heterocycles. The third kappa shape index (κ3) is 3.48. The third-order valence-electron chi connectivity index (χ3n) is 5.17. The second-order valence-electron chi connectivity index (χ2n) is 6.93. The first-order valence-electron chi connectivity index (χ1n) is 9.04. The standard InChI is InChI=1S/C16H22N6O4S/c1-27(24,25)22-8-3-2-4-12(22)15-19-18-14-6-9-20(10-11-21(14)15)16(23)13-5-7-17-26-13/h5,7,12H,2-4,6,8-11H2,1H3. The molecule has 2 aliphatic rings. The van der Waals surface area contributed by atoms with Gasteiger partial charge in [-0.25, -0.2) is 8.42 Å². The maximum absolute atomic E-state index is 12.5. The zero-order chi connectivity index (χ0) is 19.0. The second-order valence-corrected chi connectivity index (χ2v) is 8.87. The number of piperidine rings is 1. The Bertz CT molecular complexity index is 923. The largest absolute Gasteiger partial charge is 0.351 e. The molecule has 2 aromatic rings. The van der Waals surface area contributed by atoms with E-state index in [1.165, 1.54) is 16.8 Å². The smallest absolute Gasteiger partial charge is 0.292 e. The van der Waals surface area contributed by atoms with Crippen LogP contribution >= 0.6 is 0 Å². The number of carbonyl (C=O) groups is 1. The van der Waals surface area contributed by atoms with Crippen LogP contribution in [0, 0.1) is 0 Å². The highest BCUT2D eigenvalue weighted by atomic mass is 32.2. The molecule has 146 valence electrons. The molecule has 4 rings (SSSR count). The summed E-state index contributed by atoms with van der Waals surface area (Å²) < 4.78 is 32.9. The van der Waals surface area contributed by atoms with Crippen LogP contribution in [-0.4, -0.2) is 69.3 Å². The number of aromatic nitrogens is 4. The van der Waals surface area contributed by atoms with Gasteiger partial charge in [-0.3, -0.25) is 4.79 Å². The molecule has 1 atom stereocenters. The number of rotatable bonds is 3. The molecule has 1 amide bonds. The average Bonchev–Trinajstić information content (AvgIpc) is 3.27. The van der Waals surface area contributed by atoms with E-state index in [4.69, 9.17) is 4.52 Å². The fraction of sp³-hybridized carbons (Fsp3) is 0.625. The van der Waals surface area contributed by atoms with Crippen molar-refractivity contribution in [2.24, 2.45) is 0 Å². The van der Waals surface area contributed by atoms with E-state index in [1.54, 1.807) is 11.0 Å². The van der Waals surface area contributed by atoms with Gasteiger partial charge in [-0.1, -0.05) is 11.6 Å². The van der Waals surface area contributed by atoms with Gasteiger partial charge in [0.05, 0.1) is 18.5 Å². The number of amides is 1. The van der Waals surface area contributed by atoms with Crippen LogP contribution in [0.25, 0.3) is 0 Å². The molecule has 2 aromatic heterocycles. The minimum Gasteiger partial charge on any atom is -0.351 e. The summed E-state index contributed by atoms with van der Waals surface area (Å²) in [7, 11) is -3.32. The van der Waals surface area contributed by atoms with E-state index >= 15 is 0 Å². The van der Waals surface area contributed by atoms with Gasteiger partial charge in [0.2, 0.25) is 15.8 Å². The first-order valence-corrected chi connectivity index (χ1v) is 10.9. The Morgan fingerprint density at radius 2 is 2.04 bits per heavy atom. The Hall–Kier alpha value is -2.27. The van der Waals surface area contributed by atoms with Crippen LogP contribution in [0.15, 0.2) is 16.8 Å². The Morgan fingerprint density at radius 3 is 2.78 bits per heavy atom. The van der Waals surface area contributed by atoms with Gasteiger partial charge >= 0.3 is 0 Å². The predicted octanol–water partition coefficient (Wildman–Crippen LogP) is 0.451. The molecule has 1 fully saturated rings. The first-order chi connectivity index (χ1) is 12.9. The number of nitrogens with zero attached hydrogens (tertiary/aromatic N) is 6. The number of sulfonamides is 1. The number of fused-ring (bicyclic) bond motifs is 1. The van der Waals surface area contributed by atoms with Crippen molar-refractivity contribution in [3.05, 3.63) is 29.7 Å². The van der Waals surface area contributed by atoms with Gasteiger partial charge in [0.25, 0.3) is 5.91 Å². The maximum Gasteiger partial charge on any atom is 0.292 e. The molecule has 0 N–H and O–H groups in total. The summed E-state index contributed by atoms with van der Waals surface area (Å²) in [6.07, 6.45) is 5.77. The van der Waals surface area contributed by atoms with Crippen LogP contribution in [0.1, 0.15) is 47.5 Å². The zero-order valence-corrected chi connectivity index (χ0v) is 15.9. The number of carbonyl (C=O) groups excluding carboxylic acids is 1. The molecule has 11 heteroatoms. The number of hydrogen-bond acceptors (Lipinski definition) is 7. The molecule has 10 nitrogen and oxygen atoms in total. The Kier molecular flexibility index (Phi) is 4.72. The van der Waals surface area contributed by atoms with Crippen molar-refractivity contribution in [2.45, 2.75) is 38.3 Å². The van der Waals surface area contributed by atoms with Crippen molar-refractivity contribution in [2.75, 3.05) is 25.9 Å². The van der Waals surface area contributed by atoms with E-state index in [9.17, 15) is 13.2 Å². The quantitative estimate of drug-likeness (QED) is 0.742. The molecule has 27 heavy (non-hydrogen) atoms. The van der Waals surface area contributed by atoms with E-state index < -0.39 is 10.0 Å². The molecule has 1 saturated heterocycles. The maximum atomic E-state index is 12.5. The van der Waals surface area contributed by atoms with Crippen LogP contribution < -0.4 is 0 Å². The lowest BCUT2D eigenvalue weighted by Crippen LogP contribution is -2.39. The molecule has 0 bridgehead atoms. The molecule has 0 aliphatic carbocycles. The predicted molar refractivity (Wildman–Crippen MR) is 94.3 cm³/mol. The van der Waals surface area contributed by atoms with Crippen LogP contribution in [0.3, 0.4) is 0 Å². The van der Waals surface area contributed by atoms with Gasteiger partial charge in [-0.05, 0) is 12.8 Å². The second kappa shape index (κ2) is 7.04. The zero-order valence-electron chi connectivity index (χ0n) is 15.1. The summed E-state index contributed by atoms with van der Waals surface area (Å²) in [5.74, 6) is 1.45. The summed E-state index contributed by atoms with van der Waals surface area (Å²) in [4.78, 5) is 14.2. The fourth-order valence-corrected chi connectivity index (χ4v) is 4.96. The Labute approximate surface area is 157 Å². The van der Waals surface area contributed by atoms with E-state index in [-0.39, 0.29) is 17.7 Å². The highest BCUT2D eigenvalue weighted by Crippen LogP contribution is 2.32. The Morgan fingerprint density at radius 1 is 1.19 bits per heavy atom. The van der Waals surface area contributed by atoms with Gasteiger partial charge in [0.1, 0.15) is 5.82 Å². The van der Waals surface area contributed by atoms with Crippen molar-refractivity contribution >= 4 is 15.9 Å². The highest BCUT2D eigenvalue weighted by Gasteiger charge is 2.35. The van der Waals surface area contributed by atoms with Crippen molar-refractivity contribution in [1.82, 2.24) is 29.1 Å². The summed E-state index contributed by atoms with van der Waals surface area (Å²) in [5.41, 5.74) is 0. The van der Waals surface area contributed by atoms with Crippen molar-refractivity contribution < 1.29 is 17.7 Å². The van der Waals surface area contributed by atoms with Gasteiger partial charge in [0, 0.05) is 38.7 Å². The molecule has 0 spiro atoms. The monoisotopic (exact) mass is 394 g/mol. The van der Waals surface area contributed by atoms with Gasteiger partial charge < -0.3 is 14.0 Å². The summed E-state index contributed by atoms with van der Waals surface area (Å²) >= 11 is 0. The minimum atomic E-state index is -3.32. The van der Waals surface area contributed by atoms with Crippen LogP contribution in [0.5, 0.6) is 0 Å². The lowest BCUT2D eigenvalue weighted by molar-refractivity contribution is 0.0716. The normalized spacial score (nSPS) is 21.7. The lowest BCUT2D eigenvalue weighted by atomic mass is 10.0. The lowest BCUT2D eigenvalue weighted by Gasteiger charge is -2.33. The summed E-state index contributed by atoms with van der Waals surface area (Å²) in [5, 5.41) is 12.2. The average molecular weight is 394 g/mol. The van der Waals surface area contributed by atoms with E-state index in [1.807, 2.05) is 4.57 Å². The van der Waals surface area contributed by atoms with Crippen molar-refractivity contribution in [3.8, 4) is 0 Å². The molecule has 4 heterocycles. The molecular formula is C16H22N6O4S. The molecule has 1 unspecified atom stereocenters. The minimum absolute atomic E-state index is 0.205. The topological polar surface area (TPSA) is 114 Å². The van der Waals surface area contributed by atoms with Gasteiger partial charge in [-0.2, -0.15) is 4.31 Å². The third-order valence-corrected chi connectivity index (χ3v) is 6.46. The SMILES string of the molecule is CS(=O)(=O)N1CCCCC1c1nnc2n1CCN(C(=O)c1ccno1)CC2. The Balaban J connectivity index is 1.57. The van der Waals surface area contributed by atoms with E-state index in [0.717, 1.165) is 25.1 Å². The van der Waals surface area contributed by atoms with Crippen LogP contribution in [0.2, 0.25) is 0 Å². The first kappa shape index (κ1) is 18.1.